The molecule has 1 atom stereocenters. The Balaban J connectivity index is 1.54. The van der Waals surface area contributed by atoms with E-state index in [4.69, 9.17) is 23.2 Å². The monoisotopic (exact) mass is 386 g/mol. The number of benzene rings is 1. The number of carbonyl (C=O) groups is 2. The average molecular weight is 387 g/mol. The van der Waals surface area contributed by atoms with Crippen LogP contribution in [0.25, 0.3) is 0 Å². The van der Waals surface area contributed by atoms with Crippen molar-refractivity contribution >= 4 is 52.5 Å². The number of rotatable bonds is 1. The molecule has 5 nitrogen and oxygen atoms in total. The molecule has 0 radical (unpaired) electrons. The average Bonchev–Trinajstić information content (AvgIpc) is 2.92. The van der Waals surface area contributed by atoms with Gasteiger partial charge in [-0.15, -0.1) is 11.8 Å². The number of anilines is 1. The minimum atomic E-state index is -0.678. The number of hydrogen-bond donors (Lipinski definition) is 2. The molecule has 1 spiro atoms. The molecule has 1 saturated carbocycles. The number of fused-ring (bicyclic) bond motifs is 1. The van der Waals surface area contributed by atoms with Gasteiger partial charge in [0.2, 0.25) is 11.8 Å². The molecular formula is C16H16Cl2N2O3S. The van der Waals surface area contributed by atoms with Gasteiger partial charge in [-0.3, -0.25) is 9.59 Å². The Morgan fingerprint density at radius 3 is 2.75 bits per heavy atom. The number of amides is 2. The van der Waals surface area contributed by atoms with E-state index in [9.17, 15) is 14.7 Å². The second kappa shape index (κ2) is 5.80. The topological polar surface area (TPSA) is 69.6 Å². The van der Waals surface area contributed by atoms with Gasteiger partial charge in [-0.2, -0.15) is 0 Å². The number of aliphatic hydroxyl groups excluding tert-OH is 1. The van der Waals surface area contributed by atoms with E-state index in [-0.39, 0.29) is 23.8 Å². The van der Waals surface area contributed by atoms with E-state index in [1.54, 1.807) is 17.0 Å². The molecule has 2 fully saturated rings. The van der Waals surface area contributed by atoms with Crippen LogP contribution in [-0.4, -0.2) is 45.8 Å². The smallest absolute Gasteiger partial charge is 0.242 e. The van der Waals surface area contributed by atoms with E-state index in [1.165, 1.54) is 11.8 Å². The van der Waals surface area contributed by atoms with Crippen molar-refractivity contribution in [2.75, 3.05) is 18.4 Å². The Hall–Kier alpha value is -0.950. The Kier molecular flexibility index (Phi) is 3.99. The van der Waals surface area contributed by atoms with Gasteiger partial charge in [-0.1, -0.05) is 23.2 Å². The predicted molar refractivity (Wildman–Crippen MR) is 93.6 cm³/mol. The highest BCUT2D eigenvalue weighted by molar-refractivity contribution is 8.01. The first-order valence-corrected chi connectivity index (χ1v) is 9.41. The van der Waals surface area contributed by atoms with Gasteiger partial charge in [0.15, 0.2) is 0 Å². The summed E-state index contributed by atoms with van der Waals surface area (Å²) in [4.78, 5) is 27.8. The van der Waals surface area contributed by atoms with Crippen LogP contribution in [0.2, 0.25) is 10.0 Å². The fourth-order valence-corrected chi connectivity index (χ4v) is 5.26. The lowest BCUT2D eigenvalue weighted by Gasteiger charge is -2.35. The van der Waals surface area contributed by atoms with Crippen LogP contribution in [0.15, 0.2) is 17.0 Å². The molecule has 2 N–H and O–H groups in total. The second-order valence-corrected chi connectivity index (χ2v) is 8.88. The first kappa shape index (κ1) is 16.5. The van der Waals surface area contributed by atoms with Gasteiger partial charge in [0.05, 0.1) is 21.8 Å². The van der Waals surface area contributed by atoms with Crippen LogP contribution >= 0.6 is 35.0 Å². The zero-order chi connectivity index (χ0) is 17.1. The lowest BCUT2D eigenvalue weighted by molar-refractivity contribution is -0.141. The number of likely N-dealkylation sites (tertiary alicyclic amines) is 1. The summed E-state index contributed by atoms with van der Waals surface area (Å²) in [6.45, 7) is 0.942. The van der Waals surface area contributed by atoms with Gasteiger partial charge in [0, 0.05) is 23.9 Å². The molecular weight excluding hydrogens is 371 g/mol. The molecule has 4 rings (SSSR count). The molecule has 8 heteroatoms. The summed E-state index contributed by atoms with van der Waals surface area (Å²) in [6, 6.07) is 3.42. The molecule has 2 heterocycles. The van der Waals surface area contributed by atoms with Crippen LogP contribution in [0.3, 0.4) is 0 Å². The Bertz CT molecular complexity index is 738. The van der Waals surface area contributed by atoms with E-state index >= 15 is 0 Å². The molecule has 0 unspecified atom stereocenters. The van der Waals surface area contributed by atoms with Gasteiger partial charge < -0.3 is 15.3 Å². The molecule has 1 aliphatic carbocycles. The van der Waals surface area contributed by atoms with Crippen molar-refractivity contribution in [2.45, 2.75) is 35.0 Å². The van der Waals surface area contributed by atoms with Gasteiger partial charge in [0.1, 0.15) is 4.75 Å². The van der Waals surface area contributed by atoms with Crippen molar-refractivity contribution in [2.24, 2.45) is 5.92 Å². The molecule has 24 heavy (non-hydrogen) atoms. The van der Waals surface area contributed by atoms with Gasteiger partial charge in [-0.05, 0) is 31.4 Å². The van der Waals surface area contributed by atoms with E-state index in [2.05, 4.69) is 5.32 Å². The van der Waals surface area contributed by atoms with Gasteiger partial charge >= 0.3 is 0 Å². The number of nitrogens with one attached hydrogen (secondary N) is 1. The summed E-state index contributed by atoms with van der Waals surface area (Å²) < 4.78 is -0.678. The predicted octanol–water partition coefficient (Wildman–Crippen LogP) is 2.78. The number of nitrogens with zero attached hydrogens (tertiary/aromatic N) is 1. The van der Waals surface area contributed by atoms with Crippen molar-refractivity contribution in [3.8, 4) is 0 Å². The highest BCUT2D eigenvalue weighted by Gasteiger charge is 2.51. The van der Waals surface area contributed by atoms with Crippen LogP contribution in [0.1, 0.15) is 19.3 Å². The lowest BCUT2D eigenvalue weighted by atomic mass is 9.81. The van der Waals surface area contributed by atoms with Crippen LogP contribution < -0.4 is 5.32 Å². The number of hydrogen-bond acceptors (Lipinski definition) is 4. The molecule has 3 aliphatic rings. The SMILES string of the molecule is O=C(C1CC(O)C1)N1CC[C@@]2(C1)Sc1cc(Cl)c(Cl)cc1NC2=O. The third-order valence-electron chi connectivity index (χ3n) is 5.00. The molecule has 128 valence electrons. The quantitative estimate of drug-likeness (QED) is 0.778. The first-order valence-electron chi connectivity index (χ1n) is 7.84. The molecule has 1 aromatic carbocycles. The zero-order valence-corrected chi connectivity index (χ0v) is 15.0. The van der Waals surface area contributed by atoms with Gasteiger partial charge in [0.25, 0.3) is 0 Å². The van der Waals surface area contributed by atoms with E-state index < -0.39 is 4.75 Å². The standard InChI is InChI=1S/C16H16Cl2N2O3S/c17-10-5-12-13(6-11(10)18)24-16(15(23)19-12)1-2-20(7-16)14(22)8-3-9(21)4-8/h5-6,8-9,21H,1-4,7H2,(H,19,23)/t8?,9?,16-/m0/s1. The van der Waals surface area contributed by atoms with Crippen LogP contribution in [-0.2, 0) is 9.59 Å². The number of aliphatic hydroxyl groups is 1. The van der Waals surface area contributed by atoms with Crippen molar-refractivity contribution in [1.82, 2.24) is 4.90 Å². The Labute approximate surface area is 153 Å². The fourth-order valence-electron chi connectivity index (χ4n) is 3.49. The third-order valence-corrected chi connectivity index (χ3v) is 7.18. The number of thioether (sulfide) groups is 1. The van der Waals surface area contributed by atoms with E-state index in [1.807, 2.05) is 0 Å². The molecule has 0 bridgehead atoms. The van der Waals surface area contributed by atoms with Crippen molar-refractivity contribution in [1.29, 1.82) is 0 Å². The minimum Gasteiger partial charge on any atom is -0.393 e. The minimum absolute atomic E-state index is 0.0468. The maximum atomic E-state index is 12.7. The summed E-state index contributed by atoms with van der Waals surface area (Å²) in [7, 11) is 0. The Morgan fingerprint density at radius 1 is 1.33 bits per heavy atom. The molecule has 0 aromatic heterocycles. The first-order chi connectivity index (χ1) is 11.4. The largest absolute Gasteiger partial charge is 0.393 e. The van der Waals surface area contributed by atoms with Crippen molar-refractivity contribution in [3.63, 3.8) is 0 Å². The maximum Gasteiger partial charge on any atom is 0.242 e. The molecule has 2 aliphatic heterocycles. The van der Waals surface area contributed by atoms with Crippen molar-refractivity contribution < 1.29 is 14.7 Å². The highest BCUT2D eigenvalue weighted by atomic mass is 35.5. The molecule has 1 saturated heterocycles. The summed E-state index contributed by atoms with van der Waals surface area (Å²) >= 11 is 13.6. The van der Waals surface area contributed by atoms with Crippen LogP contribution in [0.4, 0.5) is 5.69 Å². The number of halogens is 2. The lowest BCUT2D eigenvalue weighted by Crippen LogP contribution is -2.48. The summed E-state index contributed by atoms with van der Waals surface area (Å²) in [5, 5.41) is 13.1. The molecule has 2 amide bonds. The highest BCUT2D eigenvalue weighted by Crippen LogP contribution is 2.49. The fraction of sp³-hybridized carbons (Fsp3) is 0.500. The molecule has 1 aromatic rings. The van der Waals surface area contributed by atoms with Crippen LogP contribution in [0.5, 0.6) is 0 Å². The summed E-state index contributed by atoms with van der Waals surface area (Å²) in [5.41, 5.74) is 0.664. The van der Waals surface area contributed by atoms with Crippen molar-refractivity contribution in [3.05, 3.63) is 22.2 Å². The zero-order valence-electron chi connectivity index (χ0n) is 12.7. The number of carbonyl (C=O) groups excluding carboxylic acids is 2. The van der Waals surface area contributed by atoms with Gasteiger partial charge in [-0.25, -0.2) is 0 Å². The normalized spacial score (nSPS) is 31.6. The summed E-state index contributed by atoms with van der Waals surface area (Å²) in [5.74, 6) is -0.153. The van der Waals surface area contributed by atoms with Crippen LogP contribution in [0, 0.1) is 5.92 Å². The maximum absolute atomic E-state index is 12.7. The Morgan fingerprint density at radius 2 is 2.04 bits per heavy atom. The van der Waals surface area contributed by atoms with E-state index in [0.717, 1.165) is 4.90 Å². The van der Waals surface area contributed by atoms with E-state index in [0.29, 0.717) is 48.1 Å². The third kappa shape index (κ3) is 2.60. The summed E-state index contributed by atoms with van der Waals surface area (Å²) in [6.07, 6.45) is 1.29. The second-order valence-electron chi connectivity index (χ2n) is 6.64.